The summed E-state index contributed by atoms with van der Waals surface area (Å²) in [5, 5.41) is 0. The van der Waals surface area contributed by atoms with Crippen LogP contribution in [-0.2, 0) is 6.54 Å². The summed E-state index contributed by atoms with van der Waals surface area (Å²) in [6.07, 6.45) is -4.31. The average molecular weight is 256 g/mol. The predicted molar refractivity (Wildman–Crippen MR) is 57.9 cm³/mol. The summed E-state index contributed by atoms with van der Waals surface area (Å²) < 4.78 is 40.1. The van der Waals surface area contributed by atoms with Crippen LogP contribution in [0.1, 0.15) is 11.1 Å². The fraction of sp³-hybridized carbons (Fsp3) is 0.400. The monoisotopic (exact) mass is 255 g/mol. The van der Waals surface area contributed by atoms with Gasteiger partial charge in [-0.2, -0.15) is 13.2 Å². The van der Waals surface area contributed by atoms with Gasteiger partial charge in [-0.05, 0) is 30.2 Å². The Labute approximate surface area is 98.0 Å². The molecular weight excluding hydrogens is 243 g/mol. The molecule has 0 aromatic heterocycles. The smallest absolute Gasteiger partial charge is 0.422 e. The van der Waals surface area contributed by atoms with Gasteiger partial charge in [-0.3, -0.25) is 0 Å². The summed E-state index contributed by atoms with van der Waals surface area (Å²) in [6, 6.07) is 4.70. The van der Waals surface area contributed by atoms with Gasteiger partial charge in [-0.1, -0.05) is 6.07 Å². The molecule has 1 rings (SSSR count). The third-order valence-electron chi connectivity index (χ3n) is 1.94. The van der Waals surface area contributed by atoms with Gasteiger partial charge < -0.3 is 10.5 Å². The number of hydrogen-bond acceptors (Lipinski definition) is 2. The minimum atomic E-state index is -4.31. The van der Waals surface area contributed by atoms with Crippen molar-refractivity contribution in [1.82, 2.24) is 0 Å². The highest BCUT2D eigenvalue weighted by molar-refractivity contribution is 5.85. The molecule has 0 saturated carbocycles. The third-order valence-corrected chi connectivity index (χ3v) is 1.94. The molecule has 0 aliphatic rings. The maximum atomic E-state index is 11.8. The second-order valence-electron chi connectivity index (χ2n) is 3.20. The number of hydrogen-bond donors (Lipinski definition) is 1. The summed E-state index contributed by atoms with van der Waals surface area (Å²) in [7, 11) is 0. The van der Waals surface area contributed by atoms with E-state index in [2.05, 4.69) is 4.74 Å². The molecule has 0 bridgehead atoms. The average Bonchev–Trinajstić information content (AvgIpc) is 2.14. The van der Waals surface area contributed by atoms with E-state index in [1.807, 2.05) is 0 Å². The molecular formula is C10H13ClF3NO. The molecule has 0 aliphatic heterocycles. The van der Waals surface area contributed by atoms with E-state index in [1.54, 1.807) is 19.1 Å². The van der Waals surface area contributed by atoms with Crippen molar-refractivity contribution >= 4 is 12.4 Å². The van der Waals surface area contributed by atoms with Crippen LogP contribution in [0.5, 0.6) is 5.75 Å². The third kappa shape index (κ3) is 4.72. The van der Waals surface area contributed by atoms with E-state index in [1.165, 1.54) is 6.07 Å². The van der Waals surface area contributed by atoms with Crippen LogP contribution in [0, 0.1) is 6.92 Å². The van der Waals surface area contributed by atoms with E-state index in [-0.39, 0.29) is 18.2 Å². The Kier molecular flexibility index (Phi) is 5.61. The lowest BCUT2D eigenvalue weighted by Crippen LogP contribution is -2.19. The molecule has 0 heterocycles. The van der Waals surface area contributed by atoms with Crippen molar-refractivity contribution in [2.75, 3.05) is 6.61 Å². The normalized spacial score (nSPS) is 10.8. The molecule has 1 aromatic carbocycles. The van der Waals surface area contributed by atoms with E-state index < -0.39 is 12.8 Å². The maximum Gasteiger partial charge on any atom is 0.422 e. The first kappa shape index (κ1) is 15.1. The van der Waals surface area contributed by atoms with Gasteiger partial charge in [-0.15, -0.1) is 12.4 Å². The molecule has 16 heavy (non-hydrogen) atoms. The van der Waals surface area contributed by atoms with E-state index in [0.717, 1.165) is 11.1 Å². The molecule has 2 N–H and O–H groups in total. The van der Waals surface area contributed by atoms with Crippen LogP contribution in [0.25, 0.3) is 0 Å². The van der Waals surface area contributed by atoms with Gasteiger partial charge in [0.25, 0.3) is 0 Å². The second kappa shape index (κ2) is 5.96. The minimum absolute atomic E-state index is 0. The van der Waals surface area contributed by atoms with Crippen LogP contribution in [0.15, 0.2) is 18.2 Å². The van der Waals surface area contributed by atoms with Gasteiger partial charge in [-0.25, -0.2) is 0 Å². The Morgan fingerprint density at radius 1 is 1.31 bits per heavy atom. The molecule has 0 fully saturated rings. The first-order valence-electron chi connectivity index (χ1n) is 4.41. The molecule has 0 aliphatic carbocycles. The standard InChI is InChI=1S/C10H12F3NO.ClH/c1-7-4-9(3-2-8(7)5-14)15-6-10(11,12)13;/h2-4H,5-6,14H2,1H3;1H. The number of nitrogens with two attached hydrogens (primary N) is 1. The van der Waals surface area contributed by atoms with Gasteiger partial charge in [0.2, 0.25) is 0 Å². The molecule has 0 spiro atoms. The Hall–Kier alpha value is -0.940. The van der Waals surface area contributed by atoms with Crippen molar-refractivity contribution < 1.29 is 17.9 Å². The van der Waals surface area contributed by atoms with Crippen LogP contribution in [0.4, 0.5) is 13.2 Å². The second-order valence-corrected chi connectivity index (χ2v) is 3.20. The summed E-state index contributed by atoms with van der Waals surface area (Å²) in [5.74, 6) is 0.210. The zero-order valence-corrected chi connectivity index (χ0v) is 9.49. The van der Waals surface area contributed by atoms with E-state index in [4.69, 9.17) is 5.73 Å². The number of halogens is 4. The highest BCUT2D eigenvalue weighted by atomic mass is 35.5. The molecule has 92 valence electrons. The molecule has 0 atom stereocenters. The number of benzene rings is 1. The molecule has 0 radical (unpaired) electrons. The SMILES string of the molecule is Cc1cc(OCC(F)(F)F)ccc1CN.Cl. The fourth-order valence-electron chi connectivity index (χ4n) is 1.15. The van der Waals surface area contributed by atoms with Gasteiger partial charge >= 0.3 is 6.18 Å². The first-order valence-corrected chi connectivity index (χ1v) is 4.41. The first-order chi connectivity index (χ1) is 6.92. The molecule has 1 aromatic rings. The molecule has 0 saturated heterocycles. The number of aryl methyl sites for hydroxylation is 1. The lowest BCUT2D eigenvalue weighted by molar-refractivity contribution is -0.153. The number of rotatable bonds is 3. The van der Waals surface area contributed by atoms with Crippen molar-refractivity contribution in [3.63, 3.8) is 0 Å². The van der Waals surface area contributed by atoms with Crippen LogP contribution in [-0.4, -0.2) is 12.8 Å². The van der Waals surface area contributed by atoms with E-state index in [0.29, 0.717) is 6.54 Å². The van der Waals surface area contributed by atoms with Crippen LogP contribution < -0.4 is 10.5 Å². The Morgan fingerprint density at radius 2 is 1.94 bits per heavy atom. The maximum absolute atomic E-state index is 11.8. The minimum Gasteiger partial charge on any atom is -0.484 e. The van der Waals surface area contributed by atoms with Crippen molar-refractivity contribution in [2.45, 2.75) is 19.6 Å². The van der Waals surface area contributed by atoms with Crippen molar-refractivity contribution in [2.24, 2.45) is 5.73 Å². The summed E-state index contributed by atoms with van der Waals surface area (Å²) >= 11 is 0. The predicted octanol–water partition coefficient (Wildman–Crippen LogP) is 2.82. The summed E-state index contributed by atoms with van der Waals surface area (Å²) in [6.45, 7) is 0.877. The van der Waals surface area contributed by atoms with E-state index >= 15 is 0 Å². The van der Waals surface area contributed by atoms with Gasteiger partial charge in [0.05, 0.1) is 0 Å². The Balaban J connectivity index is 0.00000225. The molecule has 0 unspecified atom stereocenters. The highest BCUT2D eigenvalue weighted by Gasteiger charge is 2.28. The summed E-state index contributed by atoms with van der Waals surface area (Å²) in [4.78, 5) is 0. The van der Waals surface area contributed by atoms with Crippen LogP contribution in [0.2, 0.25) is 0 Å². The molecule has 2 nitrogen and oxygen atoms in total. The van der Waals surface area contributed by atoms with Crippen molar-refractivity contribution in [3.8, 4) is 5.75 Å². The Bertz CT molecular complexity index is 341. The van der Waals surface area contributed by atoms with Gasteiger partial charge in [0.15, 0.2) is 6.61 Å². The quantitative estimate of drug-likeness (QED) is 0.901. The zero-order valence-electron chi connectivity index (χ0n) is 8.67. The topological polar surface area (TPSA) is 35.2 Å². The molecule has 0 amide bonds. The number of ether oxygens (including phenoxy) is 1. The zero-order chi connectivity index (χ0) is 11.5. The number of alkyl halides is 3. The van der Waals surface area contributed by atoms with Gasteiger partial charge in [0, 0.05) is 6.54 Å². The van der Waals surface area contributed by atoms with E-state index in [9.17, 15) is 13.2 Å². The van der Waals surface area contributed by atoms with Crippen LogP contribution >= 0.6 is 12.4 Å². The van der Waals surface area contributed by atoms with Crippen molar-refractivity contribution in [3.05, 3.63) is 29.3 Å². The largest absolute Gasteiger partial charge is 0.484 e. The fourth-order valence-corrected chi connectivity index (χ4v) is 1.15. The molecule has 6 heteroatoms. The van der Waals surface area contributed by atoms with Gasteiger partial charge in [0.1, 0.15) is 5.75 Å². The van der Waals surface area contributed by atoms with Crippen molar-refractivity contribution in [1.29, 1.82) is 0 Å². The summed E-state index contributed by atoms with van der Waals surface area (Å²) in [5.41, 5.74) is 7.15. The Morgan fingerprint density at radius 3 is 2.38 bits per heavy atom. The lowest BCUT2D eigenvalue weighted by atomic mass is 10.1. The lowest BCUT2D eigenvalue weighted by Gasteiger charge is -2.10. The highest BCUT2D eigenvalue weighted by Crippen LogP contribution is 2.20. The van der Waals surface area contributed by atoms with Crippen LogP contribution in [0.3, 0.4) is 0 Å².